The van der Waals surface area contributed by atoms with Crippen molar-refractivity contribution in [3.05, 3.63) is 77.1 Å². The fourth-order valence-electron chi connectivity index (χ4n) is 2.87. The molecule has 7 nitrogen and oxygen atoms in total. The van der Waals surface area contributed by atoms with Crippen LogP contribution in [0.2, 0.25) is 0 Å². The van der Waals surface area contributed by atoms with Gasteiger partial charge in [-0.05, 0) is 49.5 Å². The Morgan fingerprint density at radius 3 is 2.79 bits per heavy atom. The maximum absolute atomic E-state index is 12.3. The Morgan fingerprint density at radius 2 is 2.03 bits per heavy atom. The summed E-state index contributed by atoms with van der Waals surface area (Å²) in [6.07, 6.45) is 4.21. The van der Waals surface area contributed by atoms with Crippen LogP contribution in [0.25, 0.3) is 17.1 Å². The van der Waals surface area contributed by atoms with Gasteiger partial charge < -0.3 is 14.7 Å². The molecular weight excluding hydrogens is 386 g/mol. The molecule has 0 unspecified atom stereocenters. The van der Waals surface area contributed by atoms with Gasteiger partial charge in [0.05, 0.1) is 0 Å². The maximum Gasteiger partial charge on any atom is 0.247 e. The Morgan fingerprint density at radius 1 is 1.21 bits per heavy atom. The number of aromatic amines is 1. The van der Waals surface area contributed by atoms with Crippen molar-refractivity contribution < 1.29 is 9.21 Å². The number of amides is 1. The lowest BCUT2D eigenvalue weighted by molar-refractivity contribution is -0.116. The molecule has 4 rings (SSSR count). The number of hydrogen-bond donors (Lipinski definition) is 2. The molecule has 0 spiro atoms. The lowest BCUT2D eigenvalue weighted by atomic mass is 10.1. The van der Waals surface area contributed by atoms with Crippen LogP contribution in [0.4, 0.5) is 5.69 Å². The molecule has 2 aromatic heterocycles. The highest BCUT2D eigenvalue weighted by Crippen LogP contribution is 2.19. The predicted octanol–water partition coefficient (Wildman–Crippen LogP) is 4.46. The van der Waals surface area contributed by atoms with E-state index < -0.39 is 0 Å². The number of imidazole rings is 1. The summed E-state index contributed by atoms with van der Waals surface area (Å²) >= 11 is 5.23. The van der Waals surface area contributed by atoms with E-state index in [0.29, 0.717) is 28.7 Å². The van der Waals surface area contributed by atoms with Crippen molar-refractivity contribution >= 4 is 23.8 Å². The number of rotatable bonds is 6. The van der Waals surface area contributed by atoms with Crippen molar-refractivity contribution in [2.24, 2.45) is 0 Å². The molecule has 0 aliphatic carbocycles. The third kappa shape index (κ3) is 4.49. The number of benzene rings is 2. The van der Waals surface area contributed by atoms with Gasteiger partial charge in [0.15, 0.2) is 4.77 Å². The highest BCUT2D eigenvalue weighted by Gasteiger charge is 2.11. The summed E-state index contributed by atoms with van der Waals surface area (Å²) in [4.78, 5) is 15.3. The van der Waals surface area contributed by atoms with Crippen LogP contribution >= 0.6 is 12.2 Å². The van der Waals surface area contributed by atoms with Crippen molar-refractivity contribution in [3.8, 4) is 17.1 Å². The average molecular weight is 405 g/mol. The first-order valence-electron chi connectivity index (χ1n) is 9.14. The SMILES string of the molecule is Cc1ccc(-c2nnc(CCC(=O)Nc3cccc(-n4cc[nH]c4=S)c3)o2)cc1. The monoisotopic (exact) mass is 405 g/mol. The van der Waals surface area contributed by atoms with E-state index in [1.54, 1.807) is 6.20 Å². The Balaban J connectivity index is 1.37. The normalized spacial score (nSPS) is 10.8. The van der Waals surface area contributed by atoms with E-state index in [9.17, 15) is 4.79 Å². The number of hydrogen-bond acceptors (Lipinski definition) is 5. The minimum Gasteiger partial charge on any atom is -0.421 e. The van der Waals surface area contributed by atoms with Gasteiger partial charge in [0.2, 0.25) is 17.7 Å². The van der Waals surface area contributed by atoms with Gasteiger partial charge in [-0.2, -0.15) is 0 Å². The van der Waals surface area contributed by atoms with E-state index >= 15 is 0 Å². The third-order valence-electron chi connectivity index (χ3n) is 4.39. The molecular formula is C21H19N5O2S. The lowest BCUT2D eigenvalue weighted by Gasteiger charge is -2.07. The zero-order chi connectivity index (χ0) is 20.2. The molecule has 0 aliphatic heterocycles. The molecule has 1 amide bonds. The van der Waals surface area contributed by atoms with Crippen molar-refractivity contribution in [1.82, 2.24) is 19.7 Å². The van der Waals surface area contributed by atoms with Crippen LogP contribution < -0.4 is 5.32 Å². The molecule has 0 saturated heterocycles. The smallest absolute Gasteiger partial charge is 0.247 e. The largest absolute Gasteiger partial charge is 0.421 e. The molecule has 0 aliphatic rings. The number of nitrogens with zero attached hydrogens (tertiary/aromatic N) is 3. The summed E-state index contributed by atoms with van der Waals surface area (Å²) in [6.45, 7) is 2.02. The van der Waals surface area contributed by atoms with Crippen LogP contribution in [0.1, 0.15) is 17.9 Å². The van der Waals surface area contributed by atoms with Crippen LogP contribution in [0.3, 0.4) is 0 Å². The fraction of sp³-hybridized carbons (Fsp3) is 0.143. The molecule has 0 atom stereocenters. The molecule has 2 heterocycles. The molecule has 146 valence electrons. The van der Waals surface area contributed by atoms with Gasteiger partial charge in [-0.3, -0.25) is 9.36 Å². The molecule has 0 bridgehead atoms. The van der Waals surface area contributed by atoms with Gasteiger partial charge in [0, 0.05) is 42.2 Å². The molecule has 29 heavy (non-hydrogen) atoms. The summed E-state index contributed by atoms with van der Waals surface area (Å²) in [6, 6.07) is 15.3. The topological polar surface area (TPSA) is 88.7 Å². The Hall–Kier alpha value is -3.52. The average Bonchev–Trinajstić information content (AvgIpc) is 3.36. The van der Waals surface area contributed by atoms with Crippen molar-refractivity contribution in [2.45, 2.75) is 19.8 Å². The van der Waals surface area contributed by atoms with E-state index in [4.69, 9.17) is 16.6 Å². The van der Waals surface area contributed by atoms with Gasteiger partial charge >= 0.3 is 0 Å². The Kier molecular flexibility index (Phi) is 5.35. The third-order valence-corrected chi connectivity index (χ3v) is 4.70. The molecule has 2 aromatic carbocycles. The first-order chi connectivity index (χ1) is 14.1. The summed E-state index contributed by atoms with van der Waals surface area (Å²) in [5.41, 5.74) is 3.59. The zero-order valence-electron chi connectivity index (χ0n) is 15.8. The van der Waals surface area contributed by atoms with E-state index in [1.165, 1.54) is 0 Å². The maximum atomic E-state index is 12.3. The summed E-state index contributed by atoms with van der Waals surface area (Å²) in [5.74, 6) is 0.759. The van der Waals surface area contributed by atoms with Crippen molar-refractivity contribution in [2.75, 3.05) is 5.32 Å². The number of aryl methyl sites for hydroxylation is 2. The first kappa shape index (κ1) is 18.8. The number of H-pyrrole nitrogens is 1. The standard InChI is InChI=1S/C21H19N5O2S/c1-14-5-7-15(8-6-14)20-25-24-19(28-20)10-9-18(27)23-16-3-2-4-17(13-16)26-12-11-22-21(26)29/h2-8,11-13H,9-10H2,1H3,(H,22,29)(H,23,27). The van der Waals surface area contributed by atoms with Gasteiger partial charge in [-0.15, -0.1) is 10.2 Å². The van der Waals surface area contributed by atoms with Crippen LogP contribution in [-0.4, -0.2) is 25.7 Å². The number of anilines is 1. The minimum absolute atomic E-state index is 0.130. The second-order valence-electron chi connectivity index (χ2n) is 6.60. The van der Waals surface area contributed by atoms with Crippen molar-refractivity contribution in [3.63, 3.8) is 0 Å². The summed E-state index contributed by atoms with van der Waals surface area (Å²) in [5, 5.41) is 11.0. The summed E-state index contributed by atoms with van der Waals surface area (Å²) in [7, 11) is 0. The highest BCUT2D eigenvalue weighted by molar-refractivity contribution is 7.71. The number of carbonyl (C=O) groups is 1. The van der Waals surface area contributed by atoms with Gasteiger partial charge in [0.1, 0.15) is 0 Å². The summed E-state index contributed by atoms with van der Waals surface area (Å²) < 4.78 is 8.09. The van der Waals surface area contributed by atoms with Crippen molar-refractivity contribution in [1.29, 1.82) is 0 Å². The molecule has 2 N–H and O–H groups in total. The molecule has 0 saturated carbocycles. The number of carbonyl (C=O) groups excluding carboxylic acids is 1. The molecule has 0 fully saturated rings. The van der Waals surface area contributed by atoms with E-state index in [-0.39, 0.29) is 12.3 Å². The molecule has 0 radical (unpaired) electrons. The predicted molar refractivity (Wildman–Crippen MR) is 112 cm³/mol. The van der Waals surface area contributed by atoms with Crippen LogP contribution in [-0.2, 0) is 11.2 Å². The number of aromatic nitrogens is 4. The van der Waals surface area contributed by atoms with Crippen LogP contribution in [0.15, 0.2) is 65.3 Å². The number of nitrogens with one attached hydrogen (secondary N) is 2. The molecule has 4 aromatic rings. The van der Waals surface area contributed by atoms with E-state index in [1.807, 2.05) is 66.2 Å². The second kappa shape index (κ2) is 8.24. The highest BCUT2D eigenvalue weighted by atomic mass is 32.1. The lowest BCUT2D eigenvalue weighted by Crippen LogP contribution is -2.12. The molecule has 8 heteroatoms. The van der Waals surface area contributed by atoms with E-state index in [2.05, 4.69) is 20.5 Å². The minimum atomic E-state index is -0.130. The van der Waals surface area contributed by atoms with Crippen LogP contribution in [0, 0.1) is 11.7 Å². The second-order valence-corrected chi connectivity index (χ2v) is 6.99. The van der Waals surface area contributed by atoms with Gasteiger partial charge in [-0.1, -0.05) is 23.8 Å². The Labute approximate surface area is 172 Å². The van der Waals surface area contributed by atoms with Gasteiger partial charge in [0.25, 0.3) is 0 Å². The van der Waals surface area contributed by atoms with E-state index in [0.717, 1.165) is 16.8 Å². The Bertz CT molecular complexity index is 1190. The fourth-order valence-corrected chi connectivity index (χ4v) is 3.10. The van der Waals surface area contributed by atoms with Gasteiger partial charge in [-0.25, -0.2) is 0 Å². The first-order valence-corrected chi connectivity index (χ1v) is 9.55. The zero-order valence-corrected chi connectivity index (χ0v) is 16.6. The quantitative estimate of drug-likeness (QED) is 0.462. The van der Waals surface area contributed by atoms with Crippen LogP contribution in [0.5, 0.6) is 0 Å².